The van der Waals surface area contributed by atoms with Gasteiger partial charge in [0, 0.05) is 31.4 Å². The van der Waals surface area contributed by atoms with Gasteiger partial charge in [0.1, 0.15) is 11.8 Å². The largest absolute Gasteiger partial charge is 0.476 e. The lowest BCUT2D eigenvalue weighted by Crippen LogP contribution is -2.47. The first-order valence-corrected chi connectivity index (χ1v) is 6.39. The highest BCUT2D eigenvalue weighted by molar-refractivity contribution is 5.84. The molecule has 1 fully saturated rings. The Hall–Kier alpha value is -2.79. The summed E-state index contributed by atoms with van der Waals surface area (Å²) in [5, 5.41) is 25.2. The van der Waals surface area contributed by atoms with Gasteiger partial charge in [-0.05, 0) is 6.07 Å². The molecule has 0 bridgehead atoms. The molecule has 0 unspecified atom stereocenters. The number of carboxylic acids is 1. The van der Waals surface area contributed by atoms with Crippen LogP contribution >= 0.6 is 0 Å². The normalized spacial score (nSPS) is 15.4. The number of aromatic carboxylic acids is 1. The lowest BCUT2D eigenvalue weighted by atomic mass is 10.1. The molecule has 0 radical (unpaired) electrons. The number of hydrogen-bond donors (Lipinski definition) is 1. The second-order valence-electron chi connectivity index (χ2n) is 4.86. The Morgan fingerprint density at radius 2 is 2.33 bits per heavy atom. The van der Waals surface area contributed by atoms with Crippen LogP contribution in [0.15, 0.2) is 24.5 Å². The van der Waals surface area contributed by atoms with E-state index in [1.54, 1.807) is 10.9 Å². The van der Waals surface area contributed by atoms with Crippen LogP contribution in [0.1, 0.15) is 27.8 Å². The third-order valence-electron chi connectivity index (χ3n) is 3.43. The maximum Gasteiger partial charge on any atom is 0.358 e. The fraction of sp³-hybridized carbons (Fsp3) is 0.308. The summed E-state index contributed by atoms with van der Waals surface area (Å²) >= 11 is 0. The molecule has 1 N–H and O–H groups in total. The summed E-state index contributed by atoms with van der Waals surface area (Å²) in [5.74, 6) is -1.08. The highest BCUT2D eigenvalue weighted by atomic mass is 16.4. The summed E-state index contributed by atoms with van der Waals surface area (Å²) in [7, 11) is 0. The molecule has 0 atom stereocenters. The smallest absolute Gasteiger partial charge is 0.358 e. The van der Waals surface area contributed by atoms with E-state index in [0.29, 0.717) is 12.2 Å². The van der Waals surface area contributed by atoms with Crippen molar-refractivity contribution in [2.24, 2.45) is 0 Å². The fourth-order valence-electron chi connectivity index (χ4n) is 2.30. The highest BCUT2D eigenvalue weighted by Gasteiger charge is 2.30. The number of hydrogen-bond acceptors (Lipinski definition) is 6. The van der Waals surface area contributed by atoms with Gasteiger partial charge in [0.25, 0.3) is 0 Å². The molecule has 3 rings (SSSR count). The number of nitriles is 1. The van der Waals surface area contributed by atoms with Crippen molar-refractivity contribution in [3.8, 4) is 6.07 Å². The summed E-state index contributed by atoms with van der Waals surface area (Å²) in [5.41, 5.74) is 1.28. The number of nitrogens with zero attached hydrogens (tertiary/aromatic N) is 6. The van der Waals surface area contributed by atoms with E-state index in [4.69, 9.17) is 10.4 Å². The molecule has 8 heteroatoms. The molecule has 1 aliphatic heterocycles. The average molecular weight is 284 g/mol. The van der Waals surface area contributed by atoms with Gasteiger partial charge >= 0.3 is 5.97 Å². The van der Waals surface area contributed by atoms with Crippen molar-refractivity contribution >= 4 is 5.97 Å². The van der Waals surface area contributed by atoms with Crippen LogP contribution in [0.5, 0.6) is 0 Å². The van der Waals surface area contributed by atoms with E-state index < -0.39 is 5.97 Å². The van der Waals surface area contributed by atoms with Gasteiger partial charge in [-0.25, -0.2) is 14.5 Å². The Morgan fingerprint density at radius 1 is 1.52 bits per heavy atom. The van der Waals surface area contributed by atoms with Crippen LogP contribution in [0, 0.1) is 11.3 Å². The van der Waals surface area contributed by atoms with Crippen molar-refractivity contribution in [2.45, 2.75) is 12.6 Å². The maximum absolute atomic E-state index is 10.8. The first kappa shape index (κ1) is 13.2. The van der Waals surface area contributed by atoms with E-state index in [0.717, 1.165) is 18.7 Å². The summed E-state index contributed by atoms with van der Waals surface area (Å²) in [6, 6.07) is 5.89. The van der Waals surface area contributed by atoms with E-state index >= 15 is 0 Å². The predicted molar refractivity (Wildman–Crippen MR) is 70.2 cm³/mol. The lowest BCUT2D eigenvalue weighted by Gasteiger charge is -2.38. The predicted octanol–water partition coefficient (Wildman–Crippen LogP) is 0.300. The van der Waals surface area contributed by atoms with Crippen molar-refractivity contribution < 1.29 is 9.90 Å². The van der Waals surface area contributed by atoms with Gasteiger partial charge < -0.3 is 5.11 Å². The zero-order chi connectivity index (χ0) is 14.8. The Bertz CT molecular complexity index is 713. The van der Waals surface area contributed by atoms with Gasteiger partial charge in [-0.1, -0.05) is 11.3 Å². The number of rotatable bonds is 4. The molecule has 1 saturated heterocycles. The zero-order valence-corrected chi connectivity index (χ0v) is 11.0. The number of likely N-dealkylation sites (tertiary alicyclic amines) is 1. The van der Waals surface area contributed by atoms with Crippen LogP contribution in [0.2, 0.25) is 0 Å². The molecule has 8 nitrogen and oxygen atoms in total. The molecule has 1 aliphatic rings. The maximum atomic E-state index is 10.8. The third kappa shape index (κ3) is 2.59. The Morgan fingerprint density at radius 3 is 3.00 bits per heavy atom. The molecule has 106 valence electrons. The van der Waals surface area contributed by atoms with E-state index in [2.05, 4.69) is 26.3 Å². The van der Waals surface area contributed by atoms with E-state index in [9.17, 15) is 4.79 Å². The average Bonchev–Trinajstić information content (AvgIpc) is 2.92. The quantitative estimate of drug-likeness (QED) is 0.860. The van der Waals surface area contributed by atoms with Gasteiger partial charge in [0.05, 0.1) is 12.2 Å². The first-order chi connectivity index (χ1) is 10.2. The Labute approximate surface area is 120 Å². The number of pyridine rings is 1. The fourth-order valence-corrected chi connectivity index (χ4v) is 2.30. The topological polar surface area (TPSA) is 108 Å². The van der Waals surface area contributed by atoms with Crippen LogP contribution < -0.4 is 0 Å². The molecule has 3 heterocycles. The zero-order valence-electron chi connectivity index (χ0n) is 11.0. The van der Waals surface area contributed by atoms with Crippen molar-refractivity contribution in [1.82, 2.24) is 24.9 Å². The molecular weight excluding hydrogens is 272 g/mol. The Kier molecular flexibility index (Phi) is 3.33. The molecular formula is C13H12N6O2. The van der Waals surface area contributed by atoms with Gasteiger partial charge in [0.15, 0.2) is 5.69 Å². The van der Waals surface area contributed by atoms with Crippen LogP contribution in [0.3, 0.4) is 0 Å². The molecule has 2 aromatic rings. The molecule has 0 saturated carbocycles. The van der Waals surface area contributed by atoms with Crippen LogP contribution in [0.25, 0.3) is 0 Å². The first-order valence-electron chi connectivity index (χ1n) is 6.39. The van der Waals surface area contributed by atoms with Gasteiger partial charge in [-0.3, -0.25) is 4.90 Å². The number of carbonyl (C=O) groups is 1. The Balaban J connectivity index is 1.61. The van der Waals surface area contributed by atoms with E-state index in [-0.39, 0.29) is 11.7 Å². The van der Waals surface area contributed by atoms with Crippen LogP contribution in [-0.4, -0.2) is 49.0 Å². The van der Waals surface area contributed by atoms with Gasteiger partial charge in [0.2, 0.25) is 0 Å². The second kappa shape index (κ2) is 5.30. The van der Waals surface area contributed by atoms with E-state index in [1.807, 2.05) is 12.1 Å². The second-order valence-corrected chi connectivity index (χ2v) is 4.86. The standard InChI is InChI=1S/C13H12N6O2/c14-4-11-9(2-1-3-15-11)5-18-6-10(7-18)19-8-12(13(20)21)16-17-19/h1-3,8,10H,5-7H2,(H,20,21). The van der Waals surface area contributed by atoms with E-state index in [1.165, 1.54) is 6.20 Å². The minimum atomic E-state index is -1.08. The molecule has 21 heavy (non-hydrogen) atoms. The third-order valence-corrected chi connectivity index (χ3v) is 3.43. The molecule has 2 aromatic heterocycles. The molecule has 0 aliphatic carbocycles. The van der Waals surface area contributed by atoms with Crippen LogP contribution in [-0.2, 0) is 6.54 Å². The minimum absolute atomic E-state index is 0.0486. The molecule has 0 aromatic carbocycles. The van der Waals surface area contributed by atoms with Gasteiger partial charge in [-0.15, -0.1) is 5.10 Å². The van der Waals surface area contributed by atoms with Crippen molar-refractivity contribution in [1.29, 1.82) is 5.26 Å². The molecule has 0 spiro atoms. The minimum Gasteiger partial charge on any atom is -0.476 e. The number of carboxylic acid groups (broad SMARTS) is 1. The lowest BCUT2D eigenvalue weighted by molar-refractivity contribution is 0.0690. The summed E-state index contributed by atoms with van der Waals surface area (Å²) < 4.78 is 1.58. The van der Waals surface area contributed by atoms with Crippen LogP contribution in [0.4, 0.5) is 0 Å². The summed E-state index contributed by atoms with van der Waals surface area (Å²) in [4.78, 5) is 16.9. The van der Waals surface area contributed by atoms with Crippen molar-refractivity contribution in [2.75, 3.05) is 13.1 Å². The van der Waals surface area contributed by atoms with Gasteiger partial charge in [-0.2, -0.15) is 5.26 Å². The summed E-state index contributed by atoms with van der Waals surface area (Å²) in [6.07, 6.45) is 3.04. The van der Waals surface area contributed by atoms with Crippen molar-refractivity contribution in [3.63, 3.8) is 0 Å². The SMILES string of the molecule is N#Cc1ncccc1CN1CC(n2cc(C(=O)O)nn2)C1. The molecule has 0 amide bonds. The highest BCUT2D eigenvalue weighted by Crippen LogP contribution is 2.23. The monoisotopic (exact) mass is 284 g/mol. The van der Waals surface area contributed by atoms with Crippen molar-refractivity contribution in [3.05, 3.63) is 41.5 Å². The summed E-state index contributed by atoms with van der Waals surface area (Å²) in [6.45, 7) is 2.12. The number of aromatic nitrogens is 4.